The third kappa shape index (κ3) is 5.16. The summed E-state index contributed by atoms with van der Waals surface area (Å²) < 4.78 is 5.08. The number of amides is 1. The Balaban J connectivity index is 0.000000218. The average Bonchev–Trinajstić information content (AvgIpc) is 2.74. The summed E-state index contributed by atoms with van der Waals surface area (Å²) >= 11 is 0. The minimum absolute atomic E-state index is 0.222. The maximum absolute atomic E-state index is 10.8. The van der Waals surface area contributed by atoms with Gasteiger partial charge in [-0.25, -0.2) is 0 Å². The molecule has 5 heteroatoms. The minimum atomic E-state index is -0.805. The lowest BCUT2D eigenvalue weighted by Gasteiger charge is -2.23. The molecule has 106 valence electrons. The zero-order valence-corrected chi connectivity index (χ0v) is 11.4. The van der Waals surface area contributed by atoms with E-state index < -0.39 is 5.97 Å². The van der Waals surface area contributed by atoms with E-state index in [0.717, 1.165) is 24.4 Å². The van der Waals surface area contributed by atoms with Gasteiger partial charge in [0.15, 0.2) is 0 Å². The summed E-state index contributed by atoms with van der Waals surface area (Å²) in [7, 11) is 0. The maximum Gasteiger partial charge on any atom is 0.306 e. The van der Waals surface area contributed by atoms with Gasteiger partial charge in [0.25, 0.3) is 0 Å². The van der Waals surface area contributed by atoms with Gasteiger partial charge in [-0.3, -0.25) is 9.59 Å². The first kappa shape index (κ1) is 15.3. The van der Waals surface area contributed by atoms with Crippen LogP contribution in [0.25, 0.3) is 0 Å². The Hall–Kier alpha value is -1.78. The van der Waals surface area contributed by atoms with Crippen LogP contribution in [-0.2, 0) is 9.59 Å². The highest BCUT2D eigenvalue weighted by Gasteiger charge is 2.29. The Labute approximate surface area is 112 Å². The van der Waals surface area contributed by atoms with Crippen molar-refractivity contribution in [3.8, 4) is 0 Å². The van der Waals surface area contributed by atoms with Gasteiger partial charge in [0.1, 0.15) is 11.5 Å². The van der Waals surface area contributed by atoms with E-state index >= 15 is 0 Å². The third-order valence-electron chi connectivity index (χ3n) is 3.30. The Morgan fingerprint density at radius 3 is 2.11 bits per heavy atom. The van der Waals surface area contributed by atoms with Gasteiger partial charge in [-0.2, -0.15) is 0 Å². The standard InChI is InChI=1S/C8H13NO3.C6H8O/c9-7(10)5-2-1-3-6(4-5)8(11)12;1-5-3-4-6(2)7-5/h5-6H,1-4H2,(H2,9,10)(H,11,12);3-4H,1-2H3. The van der Waals surface area contributed by atoms with Crippen LogP contribution in [-0.4, -0.2) is 17.0 Å². The molecule has 2 rings (SSSR count). The summed E-state index contributed by atoms with van der Waals surface area (Å²) in [4.78, 5) is 21.3. The second-order valence-electron chi connectivity index (χ2n) is 4.96. The van der Waals surface area contributed by atoms with Gasteiger partial charge < -0.3 is 15.3 Å². The van der Waals surface area contributed by atoms with E-state index in [9.17, 15) is 9.59 Å². The molecule has 1 heterocycles. The molecule has 1 aliphatic carbocycles. The molecule has 0 spiro atoms. The Morgan fingerprint density at radius 1 is 1.21 bits per heavy atom. The highest BCUT2D eigenvalue weighted by Crippen LogP contribution is 2.28. The van der Waals surface area contributed by atoms with Crippen molar-refractivity contribution in [3.63, 3.8) is 0 Å². The van der Waals surface area contributed by atoms with Crippen molar-refractivity contribution < 1.29 is 19.1 Å². The van der Waals surface area contributed by atoms with Crippen LogP contribution >= 0.6 is 0 Å². The number of primary amides is 1. The Bertz CT molecular complexity index is 402. The van der Waals surface area contributed by atoms with Gasteiger partial charge in [-0.15, -0.1) is 0 Å². The van der Waals surface area contributed by atoms with Gasteiger partial charge in [-0.05, 0) is 45.2 Å². The molecule has 19 heavy (non-hydrogen) atoms. The fourth-order valence-corrected chi connectivity index (χ4v) is 2.23. The zero-order valence-electron chi connectivity index (χ0n) is 11.4. The predicted octanol–water partition coefficient (Wildman–Crippen LogP) is 2.26. The molecule has 0 aromatic carbocycles. The molecule has 5 nitrogen and oxygen atoms in total. The number of aryl methyl sites for hydroxylation is 2. The molecule has 1 aromatic heterocycles. The first-order chi connectivity index (χ1) is 8.90. The number of carbonyl (C=O) groups is 2. The Morgan fingerprint density at radius 2 is 1.74 bits per heavy atom. The van der Waals surface area contributed by atoms with Crippen LogP contribution in [0.4, 0.5) is 0 Å². The Kier molecular flexibility index (Phi) is 5.60. The van der Waals surface area contributed by atoms with Gasteiger partial charge in [0.05, 0.1) is 5.92 Å². The van der Waals surface area contributed by atoms with Gasteiger partial charge >= 0.3 is 5.97 Å². The highest BCUT2D eigenvalue weighted by molar-refractivity contribution is 5.78. The van der Waals surface area contributed by atoms with E-state index in [1.54, 1.807) is 0 Å². The quantitative estimate of drug-likeness (QED) is 0.859. The van der Waals surface area contributed by atoms with Crippen molar-refractivity contribution in [2.45, 2.75) is 39.5 Å². The van der Waals surface area contributed by atoms with E-state index in [-0.39, 0.29) is 17.7 Å². The van der Waals surface area contributed by atoms with Crippen LogP contribution in [0.5, 0.6) is 0 Å². The van der Waals surface area contributed by atoms with Gasteiger partial charge in [0.2, 0.25) is 5.91 Å². The lowest BCUT2D eigenvalue weighted by molar-refractivity contribution is -0.143. The topological polar surface area (TPSA) is 93.5 Å². The van der Waals surface area contributed by atoms with Gasteiger partial charge in [0, 0.05) is 5.92 Å². The van der Waals surface area contributed by atoms with Crippen LogP contribution in [0.2, 0.25) is 0 Å². The number of nitrogens with two attached hydrogens (primary N) is 1. The van der Waals surface area contributed by atoms with Crippen molar-refractivity contribution in [2.24, 2.45) is 17.6 Å². The second-order valence-corrected chi connectivity index (χ2v) is 4.96. The van der Waals surface area contributed by atoms with Crippen LogP contribution in [0, 0.1) is 25.7 Å². The molecule has 0 bridgehead atoms. The molecular formula is C14H21NO4. The number of hydrogen-bond donors (Lipinski definition) is 2. The fraction of sp³-hybridized carbons (Fsp3) is 0.571. The lowest BCUT2D eigenvalue weighted by Crippen LogP contribution is -2.31. The number of carboxylic acid groups (broad SMARTS) is 1. The number of hydrogen-bond acceptors (Lipinski definition) is 3. The summed E-state index contributed by atoms with van der Waals surface area (Å²) in [5, 5.41) is 8.69. The SMILES string of the molecule is Cc1ccc(C)o1.NC(=O)C1CCCC(C(=O)O)C1. The normalized spacial score (nSPS) is 22.2. The molecule has 0 saturated heterocycles. The molecule has 1 aromatic rings. The molecule has 2 unspecified atom stereocenters. The van der Waals surface area contributed by atoms with Crippen molar-refractivity contribution in [2.75, 3.05) is 0 Å². The fourth-order valence-electron chi connectivity index (χ4n) is 2.23. The van der Waals surface area contributed by atoms with Crippen molar-refractivity contribution >= 4 is 11.9 Å². The summed E-state index contributed by atoms with van der Waals surface area (Å²) in [5.74, 6) is 0.216. The maximum atomic E-state index is 10.8. The van der Waals surface area contributed by atoms with E-state index in [4.69, 9.17) is 15.3 Å². The number of rotatable bonds is 2. The largest absolute Gasteiger partial charge is 0.481 e. The van der Waals surface area contributed by atoms with Crippen molar-refractivity contribution in [1.29, 1.82) is 0 Å². The zero-order chi connectivity index (χ0) is 14.4. The molecule has 1 fully saturated rings. The van der Waals surface area contributed by atoms with E-state index in [0.29, 0.717) is 12.8 Å². The molecule has 2 atom stereocenters. The summed E-state index contributed by atoms with van der Waals surface area (Å²) in [5.41, 5.74) is 5.10. The molecule has 0 radical (unpaired) electrons. The van der Waals surface area contributed by atoms with Crippen molar-refractivity contribution in [1.82, 2.24) is 0 Å². The predicted molar refractivity (Wildman–Crippen MR) is 70.5 cm³/mol. The second kappa shape index (κ2) is 6.97. The first-order valence-electron chi connectivity index (χ1n) is 6.45. The van der Waals surface area contributed by atoms with E-state index in [1.165, 1.54) is 0 Å². The smallest absolute Gasteiger partial charge is 0.306 e. The number of carboxylic acids is 1. The van der Waals surface area contributed by atoms with Crippen LogP contribution in [0.1, 0.15) is 37.2 Å². The van der Waals surface area contributed by atoms with Crippen LogP contribution in [0.15, 0.2) is 16.5 Å². The summed E-state index contributed by atoms with van der Waals surface area (Å²) in [6.07, 6.45) is 2.65. The van der Waals surface area contributed by atoms with E-state index in [2.05, 4.69) is 0 Å². The first-order valence-corrected chi connectivity index (χ1v) is 6.45. The average molecular weight is 267 g/mol. The van der Waals surface area contributed by atoms with Crippen LogP contribution in [0.3, 0.4) is 0 Å². The van der Waals surface area contributed by atoms with Gasteiger partial charge in [-0.1, -0.05) is 6.42 Å². The molecule has 3 N–H and O–H groups in total. The molecule has 1 aliphatic rings. The number of carbonyl (C=O) groups excluding carboxylic acids is 1. The lowest BCUT2D eigenvalue weighted by atomic mass is 9.81. The summed E-state index contributed by atoms with van der Waals surface area (Å²) in [6.45, 7) is 3.88. The van der Waals surface area contributed by atoms with Crippen LogP contribution < -0.4 is 5.73 Å². The van der Waals surface area contributed by atoms with Crippen molar-refractivity contribution in [3.05, 3.63) is 23.7 Å². The highest BCUT2D eigenvalue weighted by atomic mass is 16.4. The minimum Gasteiger partial charge on any atom is -0.481 e. The van der Waals surface area contributed by atoms with E-state index in [1.807, 2.05) is 26.0 Å². The number of aliphatic carboxylic acids is 1. The summed E-state index contributed by atoms with van der Waals surface area (Å²) in [6, 6.07) is 3.91. The molecule has 1 saturated carbocycles. The number of furan rings is 1. The monoisotopic (exact) mass is 267 g/mol. The molecule has 0 aliphatic heterocycles. The molecule has 1 amide bonds. The third-order valence-corrected chi connectivity index (χ3v) is 3.30. The molecular weight excluding hydrogens is 246 g/mol.